The summed E-state index contributed by atoms with van der Waals surface area (Å²) in [5.41, 5.74) is 6.48. The molecule has 2 N–H and O–H groups in total. The summed E-state index contributed by atoms with van der Waals surface area (Å²) in [6, 6.07) is 5.44. The minimum atomic E-state index is 0.192. The smallest absolute Gasteiger partial charge is 0.226 e. The van der Waals surface area contributed by atoms with Gasteiger partial charge in [-0.25, -0.2) is 0 Å². The maximum Gasteiger partial charge on any atom is 0.226 e. The minimum Gasteiger partial charge on any atom is -0.339 e. The van der Waals surface area contributed by atoms with Gasteiger partial charge in [0, 0.05) is 18.0 Å². The number of nitrogens with two attached hydrogens (primary N) is 1. The van der Waals surface area contributed by atoms with Crippen molar-refractivity contribution in [3.63, 3.8) is 0 Å². The first-order chi connectivity index (χ1) is 9.06. The standard InChI is InChI=1S/C13H15Cl2N3O/c1-8(16)3-2-4-12-17-13(18-19-12)9-5-6-10(14)11(15)7-9/h5-8H,2-4,16H2,1H3. The Morgan fingerprint density at radius 2 is 2.11 bits per heavy atom. The number of nitrogens with zero attached hydrogens (tertiary/aromatic N) is 2. The van der Waals surface area contributed by atoms with E-state index in [0.717, 1.165) is 24.8 Å². The van der Waals surface area contributed by atoms with Crippen LogP contribution in [0.1, 0.15) is 25.7 Å². The van der Waals surface area contributed by atoms with Crippen LogP contribution in [-0.2, 0) is 6.42 Å². The molecule has 0 bridgehead atoms. The number of benzene rings is 1. The summed E-state index contributed by atoms with van der Waals surface area (Å²) >= 11 is 11.8. The van der Waals surface area contributed by atoms with E-state index in [9.17, 15) is 0 Å². The van der Waals surface area contributed by atoms with Crippen LogP contribution < -0.4 is 5.73 Å². The predicted molar refractivity (Wildman–Crippen MR) is 76.3 cm³/mol. The molecule has 0 amide bonds. The van der Waals surface area contributed by atoms with Crippen LogP contribution in [0.4, 0.5) is 0 Å². The van der Waals surface area contributed by atoms with Crippen LogP contribution in [0.5, 0.6) is 0 Å². The molecule has 0 aliphatic rings. The van der Waals surface area contributed by atoms with Crippen LogP contribution in [0.15, 0.2) is 22.7 Å². The van der Waals surface area contributed by atoms with Crippen molar-refractivity contribution < 1.29 is 4.52 Å². The highest BCUT2D eigenvalue weighted by Gasteiger charge is 2.10. The first kappa shape index (κ1) is 14.3. The first-order valence-corrected chi connectivity index (χ1v) is 6.85. The summed E-state index contributed by atoms with van der Waals surface area (Å²) in [4.78, 5) is 4.33. The van der Waals surface area contributed by atoms with E-state index in [4.69, 9.17) is 33.5 Å². The largest absolute Gasteiger partial charge is 0.339 e. The average molecular weight is 300 g/mol. The van der Waals surface area contributed by atoms with Crippen LogP contribution in [0.2, 0.25) is 10.0 Å². The molecule has 102 valence electrons. The molecule has 0 radical (unpaired) electrons. The lowest BCUT2D eigenvalue weighted by molar-refractivity contribution is 0.373. The lowest BCUT2D eigenvalue weighted by Crippen LogP contribution is -2.14. The first-order valence-electron chi connectivity index (χ1n) is 6.10. The molecular formula is C13H15Cl2N3O. The van der Waals surface area contributed by atoms with Gasteiger partial charge in [0.15, 0.2) is 0 Å². The zero-order valence-corrected chi connectivity index (χ0v) is 12.1. The van der Waals surface area contributed by atoms with Crippen LogP contribution in [0.3, 0.4) is 0 Å². The number of halogens is 2. The van der Waals surface area contributed by atoms with E-state index in [1.807, 2.05) is 13.0 Å². The zero-order chi connectivity index (χ0) is 13.8. The van der Waals surface area contributed by atoms with E-state index in [0.29, 0.717) is 21.8 Å². The van der Waals surface area contributed by atoms with Gasteiger partial charge in [-0.15, -0.1) is 0 Å². The molecule has 6 heteroatoms. The number of hydrogen-bond donors (Lipinski definition) is 1. The summed E-state index contributed by atoms with van der Waals surface area (Å²) < 4.78 is 5.19. The van der Waals surface area contributed by atoms with E-state index < -0.39 is 0 Å². The van der Waals surface area contributed by atoms with Crippen molar-refractivity contribution >= 4 is 23.2 Å². The Balaban J connectivity index is 2.05. The van der Waals surface area contributed by atoms with Gasteiger partial charge < -0.3 is 10.3 Å². The summed E-state index contributed by atoms with van der Waals surface area (Å²) in [6.07, 6.45) is 2.60. The van der Waals surface area contributed by atoms with E-state index >= 15 is 0 Å². The summed E-state index contributed by atoms with van der Waals surface area (Å²) in [6.45, 7) is 1.98. The molecule has 4 nitrogen and oxygen atoms in total. The molecule has 0 saturated heterocycles. The van der Waals surface area contributed by atoms with Crippen molar-refractivity contribution in [2.24, 2.45) is 5.73 Å². The molecule has 0 aliphatic carbocycles. The number of hydrogen-bond acceptors (Lipinski definition) is 4. The van der Waals surface area contributed by atoms with Crippen LogP contribution in [-0.4, -0.2) is 16.2 Å². The van der Waals surface area contributed by atoms with Gasteiger partial charge in [-0.3, -0.25) is 0 Å². The van der Waals surface area contributed by atoms with Crippen molar-refractivity contribution in [3.05, 3.63) is 34.1 Å². The third-order valence-electron chi connectivity index (χ3n) is 2.70. The number of aryl methyl sites for hydroxylation is 1. The van der Waals surface area contributed by atoms with Gasteiger partial charge in [0.2, 0.25) is 11.7 Å². The second kappa shape index (κ2) is 6.37. The SMILES string of the molecule is CC(N)CCCc1nc(-c2ccc(Cl)c(Cl)c2)no1. The van der Waals surface area contributed by atoms with Gasteiger partial charge in [-0.2, -0.15) is 4.98 Å². The Morgan fingerprint density at radius 1 is 1.32 bits per heavy atom. The van der Waals surface area contributed by atoms with Crippen molar-refractivity contribution in [2.75, 3.05) is 0 Å². The molecule has 0 spiro atoms. The molecule has 1 heterocycles. The molecule has 2 rings (SSSR count). The van der Waals surface area contributed by atoms with Gasteiger partial charge in [-0.1, -0.05) is 28.4 Å². The van der Waals surface area contributed by atoms with Crippen LogP contribution >= 0.6 is 23.2 Å². The minimum absolute atomic E-state index is 0.192. The third kappa shape index (κ3) is 3.93. The normalized spacial score (nSPS) is 12.6. The van der Waals surface area contributed by atoms with Gasteiger partial charge in [0.1, 0.15) is 0 Å². The average Bonchev–Trinajstić information content (AvgIpc) is 2.81. The maximum absolute atomic E-state index is 5.96. The van der Waals surface area contributed by atoms with Crippen molar-refractivity contribution in [3.8, 4) is 11.4 Å². The Kier molecular flexibility index (Phi) is 4.80. The maximum atomic E-state index is 5.96. The molecule has 1 atom stereocenters. The van der Waals surface area contributed by atoms with Crippen LogP contribution in [0, 0.1) is 0 Å². The highest BCUT2D eigenvalue weighted by molar-refractivity contribution is 6.42. The highest BCUT2D eigenvalue weighted by Crippen LogP contribution is 2.27. The molecule has 1 aromatic heterocycles. The quantitative estimate of drug-likeness (QED) is 0.914. The van der Waals surface area contributed by atoms with Crippen molar-refractivity contribution in [1.29, 1.82) is 0 Å². The second-order valence-corrected chi connectivity index (χ2v) is 5.32. The van der Waals surface area contributed by atoms with Crippen molar-refractivity contribution in [2.45, 2.75) is 32.2 Å². The van der Waals surface area contributed by atoms with E-state index in [1.165, 1.54) is 0 Å². The van der Waals surface area contributed by atoms with E-state index in [-0.39, 0.29) is 6.04 Å². The van der Waals surface area contributed by atoms with Gasteiger partial charge in [0.25, 0.3) is 0 Å². The second-order valence-electron chi connectivity index (χ2n) is 4.51. The summed E-state index contributed by atoms with van der Waals surface area (Å²) in [7, 11) is 0. The molecule has 0 saturated carbocycles. The number of rotatable bonds is 5. The molecule has 19 heavy (non-hydrogen) atoms. The molecule has 1 unspecified atom stereocenters. The van der Waals surface area contributed by atoms with Crippen LogP contribution in [0.25, 0.3) is 11.4 Å². The Hall–Kier alpha value is -1.10. The fourth-order valence-corrected chi connectivity index (χ4v) is 1.98. The Labute approximate surface area is 121 Å². The zero-order valence-electron chi connectivity index (χ0n) is 10.6. The molecule has 2 aromatic rings. The monoisotopic (exact) mass is 299 g/mol. The lowest BCUT2D eigenvalue weighted by Gasteiger charge is -2.01. The van der Waals surface area contributed by atoms with Gasteiger partial charge in [-0.05, 0) is 38.0 Å². The fraction of sp³-hybridized carbons (Fsp3) is 0.385. The fourth-order valence-electron chi connectivity index (χ4n) is 1.68. The summed E-state index contributed by atoms with van der Waals surface area (Å²) in [5, 5.41) is 4.92. The molecule has 1 aromatic carbocycles. The topological polar surface area (TPSA) is 64.9 Å². The number of aromatic nitrogens is 2. The molecule has 0 fully saturated rings. The molecule has 0 aliphatic heterocycles. The summed E-state index contributed by atoms with van der Waals surface area (Å²) in [5.74, 6) is 1.14. The van der Waals surface area contributed by atoms with Gasteiger partial charge in [0.05, 0.1) is 10.0 Å². The van der Waals surface area contributed by atoms with E-state index in [2.05, 4.69) is 10.1 Å². The Morgan fingerprint density at radius 3 is 2.79 bits per heavy atom. The van der Waals surface area contributed by atoms with Gasteiger partial charge >= 0.3 is 0 Å². The third-order valence-corrected chi connectivity index (χ3v) is 3.44. The highest BCUT2D eigenvalue weighted by atomic mass is 35.5. The van der Waals surface area contributed by atoms with Crippen molar-refractivity contribution in [1.82, 2.24) is 10.1 Å². The lowest BCUT2D eigenvalue weighted by atomic mass is 10.1. The van der Waals surface area contributed by atoms with E-state index in [1.54, 1.807) is 12.1 Å². The Bertz CT molecular complexity index is 555. The predicted octanol–water partition coefficient (Wildman–Crippen LogP) is 3.71. The molecular weight excluding hydrogens is 285 g/mol.